The quantitative estimate of drug-likeness (QED) is 0.825. The SMILES string of the molecule is COc1cnn(-c2ccc(S(C)(=O)=O)cc2)c1. The summed E-state index contributed by atoms with van der Waals surface area (Å²) in [5, 5.41) is 4.09. The highest BCUT2D eigenvalue weighted by Crippen LogP contribution is 2.15. The lowest BCUT2D eigenvalue weighted by atomic mass is 10.3. The lowest BCUT2D eigenvalue weighted by Gasteiger charge is -2.02. The first-order valence-electron chi connectivity index (χ1n) is 4.90. The number of ether oxygens (including phenoxy) is 1. The van der Waals surface area contributed by atoms with Crippen LogP contribution in [-0.4, -0.2) is 31.6 Å². The van der Waals surface area contributed by atoms with Gasteiger partial charge in [0.1, 0.15) is 0 Å². The molecule has 0 atom stereocenters. The van der Waals surface area contributed by atoms with E-state index < -0.39 is 9.84 Å². The Morgan fingerprint density at radius 1 is 1.24 bits per heavy atom. The normalized spacial score (nSPS) is 11.4. The van der Waals surface area contributed by atoms with Crippen LogP contribution in [0.5, 0.6) is 5.75 Å². The third-order valence-corrected chi connectivity index (χ3v) is 3.45. The number of rotatable bonds is 3. The molecule has 2 rings (SSSR count). The van der Waals surface area contributed by atoms with Crippen molar-refractivity contribution in [2.24, 2.45) is 0 Å². The molecule has 0 bridgehead atoms. The van der Waals surface area contributed by atoms with Crippen LogP contribution in [0.1, 0.15) is 0 Å². The molecule has 5 nitrogen and oxygen atoms in total. The van der Waals surface area contributed by atoms with Crippen LogP contribution in [0.2, 0.25) is 0 Å². The van der Waals surface area contributed by atoms with Crippen molar-refractivity contribution >= 4 is 9.84 Å². The van der Waals surface area contributed by atoms with Gasteiger partial charge in [0.2, 0.25) is 0 Å². The Balaban J connectivity index is 2.35. The van der Waals surface area contributed by atoms with E-state index in [0.29, 0.717) is 10.6 Å². The van der Waals surface area contributed by atoms with Crippen molar-refractivity contribution in [1.29, 1.82) is 0 Å². The van der Waals surface area contributed by atoms with E-state index in [9.17, 15) is 8.42 Å². The van der Waals surface area contributed by atoms with Gasteiger partial charge >= 0.3 is 0 Å². The van der Waals surface area contributed by atoms with E-state index in [1.807, 2.05) is 0 Å². The van der Waals surface area contributed by atoms with E-state index >= 15 is 0 Å². The first kappa shape index (κ1) is 11.7. The third kappa shape index (κ3) is 2.47. The Labute approximate surface area is 99.6 Å². The Hall–Kier alpha value is -1.82. The van der Waals surface area contributed by atoms with Crippen molar-refractivity contribution in [3.63, 3.8) is 0 Å². The van der Waals surface area contributed by atoms with Gasteiger partial charge in [-0.2, -0.15) is 5.10 Å². The van der Waals surface area contributed by atoms with Crippen LogP contribution in [0, 0.1) is 0 Å². The number of methoxy groups -OCH3 is 1. The van der Waals surface area contributed by atoms with Crippen molar-refractivity contribution in [3.8, 4) is 11.4 Å². The van der Waals surface area contributed by atoms with Gasteiger partial charge < -0.3 is 4.74 Å². The van der Waals surface area contributed by atoms with Crippen molar-refractivity contribution in [1.82, 2.24) is 9.78 Å². The van der Waals surface area contributed by atoms with Crippen LogP contribution >= 0.6 is 0 Å². The first-order chi connectivity index (χ1) is 8.00. The van der Waals surface area contributed by atoms with Gasteiger partial charge in [-0.15, -0.1) is 0 Å². The average molecular weight is 252 g/mol. The molecule has 2 aromatic rings. The minimum absolute atomic E-state index is 0.292. The molecule has 1 aromatic heterocycles. The molecule has 0 aliphatic heterocycles. The minimum Gasteiger partial charge on any atom is -0.493 e. The van der Waals surface area contributed by atoms with Gasteiger partial charge in [0, 0.05) is 6.26 Å². The van der Waals surface area contributed by atoms with Crippen molar-refractivity contribution in [2.45, 2.75) is 4.90 Å². The molecule has 0 saturated heterocycles. The van der Waals surface area contributed by atoms with Crippen LogP contribution in [0.4, 0.5) is 0 Å². The van der Waals surface area contributed by atoms with Gasteiger partial charge in [-0.3, -0.25) is 0 Å². The zero-order chi connectivity index (χ0) is 12.5. The first-order valence-corrected chi connectivity index (χ1v) is 6.79. The van der Waals surface area contributed by atoms with Gasteiger partial charge in [-0.25, -0.2) is 13.1 Å². The van der Waals surface area contributed by atoms with Crippen molar-refractivity contribution in [2.75, 3.05) is 13.4 Å². The third-order valence-electron chi connectivity index (χ3n) is 2.32. The molecule has 0 N–H and O–H groups in total. The van der Waals surface area contributed by atoms with E-state index in [1.54, 1.807) is 48.5 Å². The summed E-state index contributed by atoms with van der Waals surface area (Å²) in [6, 6.07) is 6.50. The second kappa shape index (κ2) is 4.21. The highest BCUT2D eigenvalue weighted by Gasteiger charge is 2.07. The average Bonchev–Trinajstić information content (AvgIpc) is 2.76. The van der Waals surface area contributed by atoms with Crippen LogP contribution in [0.15, 0.2) is 41.6 Å². The topological polar surface area (TPSA) is 61.2 Å². The maximum Gasteiger partial charge on any atom is 0.175 e. The second-order valence-electron chi connectivity index (χ2n) is 3.59. The molecule has 6 heteroatoms. The zero-order valence-corrected chi connectivity index (χ0v) is 10.3. The predicted molar refractivity (Wildman–Crippen MR) is 63.2 cm³/mol. The van der Waals surface area contributed by atoms with Crippen molar-refractivity contribution < 1.29 is 13.2 Å². The fraction of sp³-hybridized carbons (Fsp3) is 0.182. The molecular weight excluding hydrogens is 240 g/mol. The molecule has 90 valence electrons. The number of benzene rings is 1. The molecule has 1 heterocycles. The molecular formula is C11H12N2O3S. The number of hydrogen-bond donors (Lipinski definition) is 0. The molecule has 0 spiro atoms. The fourth-order valence-corrected chi connectivity index (χ4v) is 2.03. The van der Waals surface area contributed by atoms with Crippen LogP contribution in [0.25, 0.3) is 5.69 Å². The number of aromatic nitrogens is 2. The second-order valence-corrected chi connectivity index (χ2v) is 5.61. The van der Waals surface area contributed by atoms with Crippen LogP contribution < -0.4 is 4.74 Å². The summed E-state index contributed by atoms with van der Waals surface area (Å²) in [5.74, 6) is 0.650. The van der Waals surface area contributed by atoms with Crippen molar-refractivity contribution in [3.05, 3.63) is 36.7 Å². The van der Waals surface area contributed by atoms with Crippen LogP contribution in [0.3, 0.4) is 0 Å². The Morgan fingerprint density at radius 2 is 1.88 bits per heavy atom. The van der Waals surface area contributed by atoms with Gasteiger partial charge in [0.15, 0.2) is 15.6 Å². The van der Waals surface area contributed by atoms with E-state index in [2.05, 4.69) is 5.10 Å². The lowest BCUT2D eigenvalue weighted by molar-refractivity contribution is 0.414. The molecule has 0 aliphatic carbocycles. The summed E-state index contributed by atoms with van der Waals surface area (Å²) in [6.45, 7) is 0. The predicted octanol–water partition coefficient (Wildman–Crippen LogP) is 1.28. The van der Waals surface area contributed by atoms with E-state index in [4.69, 9.17) is 4.74 Å². The van der Waals surface area contributed by atoms with Gasteiger partial charge in [-0.1, -0.05) is 0 Å². The monoisotopic (exact) mass is 252 g/mol. The highest BCUT2D eigenvalue weighted by atomic mass is 32.2. The molecule has 0 aliphatic rings. The summed E-state index contributed by atoms with van der Waals surface area (Å²) in [6.07, 6.45) is 4.48. The summed E-state index contributed by atoms with van der Waals surface area (Å²) in [5.41, 5.74) is 0.778. The highest BCUT2D eigenvalue weighted by molar-refractivity contribution is 7.90. The molecule has 0 amide bonds. The zero-order valence-electron chi connectivity index (χ0n) is 9.49. The summed E-state index contributed by atoms with van der Waals surface area (Å²) >= 11 is 0. The lowest BCUT2D eigenvalue weighted by Crippen LogP contribution is -1.98. The largest absolute Gasteiger partial charge is 0.493 e. The summed E-state index contributed by atoms with van der Waals surface area (Å²) in [4.78, 5) is 0.292. The smallest absolute Gasteiger partial charge is 0.175 e. The molecule has 0 fully saturated rings. The van der Waals surface area contributed by atoms with E-state index in [0.717, 1.165) is 5.69 Å². The van der Waals surface area contributed by atoms with E-state index in [1.165, 1.54) is 6.26 Å². The molecule has 1 aromatic carbocycles. The van der Waals surface area contributed by atoms with Gasteiger partial charge in [0.05, 0.1) is 30.1 Å². The maximum absolute atomic E-state index is 11.3. The Kier molecular flexibility index (Phi) is 2.89. The molecule has 0 unspecified atom stereocenters. The number of nitrogens with zero attached hydrogens (tertiary/aromatic N) is 2. The van der Waals surface area contributed by atoms with Gasteiger partial charge in [-0.05, 0) is 24.3 Å². The molecule has 17 heavy (non-hydrogen) atoms. The Bertz CT molecular complexity index is 614. The maximum atomic E-state index is 11.3. The fourth-order valence-electron chi connectivity index (χ4n) is 1.40. The molecule has 0 radical (unpaired) electrons. The summed E-state index contributed by atoms with van der Waals surface area (Å²) in [7, 11) is -1.59. The van der Waals surface area contributed by atoms with E-state index in [-0.39, 0.29) is 0 Å². The van der Waals surface area contributed by atoms with Gasteiger partial charge in [0.25, 0.3) is 0 Å². The number of sulfone groups is 1. The summed E-state index contributed by atoms with van der Waals surface area (Å²) < 4.78 is 29.2. The standard InChI is InChI=1S/C11H12N2O3S/c1-16-10-7-12-13(8-10)9-3-5-11(6-4-9)17(2,14)15/h3-8H,1-2H3. The number of hydrogen-bond acceptors (Lipinski definition) is 4. The molecule has 0 saturated carbocycles. The minimum atomic E-state index is -3.16. The Morgan fingerprint density at radius 3 is 2.35 bits per heavy atom. The van der Waals surface area contributed by atoms with Crippen LogP contribution in [-0.2, 0) is 9.84 Å².